The van der Waals surface area contributed by atoms with Crippen LogP contribution in [0.2, 0.25) is 0 Å². The Morgan fingerprint density at radius 2 is 1.76 bits per heavy atom. The molecule has 0 atom stereocenters. The van der Waals surface area contributed by atoms with Gasteiger partial charge in [-0.3, -0.25) is 10.3 Å². The van der Waals surface area contributed by atoms with Crippen LogP contribution in [0.1, 0.15) is 11.1 Å². The molecular weight excluding hydrogens is 323 g/mol. The van der Waals surface area contributed by atoms with Crippen molar-refractivity contribution in [2.24, 2.45) is 4.99 Å². The van der Waals surface area contributed by atoms with E-state index in [1.54, 1.807) is 37.4 Å². The molecule has 0 radical (unpaired) electrons. The lowest BCUT2D eigenvalue weighted by molar-refractivity contribution is 0.187. The molecule has 7 heteroatoms. The van der Waals surface area contributed by atoms with Crippen LogP contribution in [0.25, 0.3) is 0 Å². The molecular formula is C18H21FN4O2. The summed E-state index contributed by atoms with van der Waals surface area (Å²) in [6.45, 7) is 0.879. The molecule has 0 aromatic heterocycles. The fraction of sp³-hybridized carbons (Fsp3) is 0.222. The Labute approximate surface area is 146 Å². The zero-order chi connectivity index (χ0) is 18.1. The summed E-state index contributed by atoms with van der Waals surface area (Å²) >= 11 is 0. The zero-order valence-electron chi connectivity index (χ0n) is 14.2. The lowest BCUT2D eigenvalue weighted by Gasteiger charge is -2.12. The summed E-state index contributed by atoms with van der Waals surface area (Å²) in [7, 11) is 2.97. The fourth-order valence-corrected chi connectivity index (χ4v) is 2.10. The van der Waals surface area contributed by atoms with Gasteiger partial charge in [-0.2, -0.15) is 0 Å². The van der Waals surface area contributed by atoms with Crippen molar-refractivity contribution in [2.45, 2.75) is 13.1 Å². The quantitative estimate of drug-likeness (QED) is 0.576. The van der Waals surface area contributed by atoms with Gasteiger partial charge in [-0.25, -0.2) is 9.18 Å². The number of carbonyl (C=O) groups excluding carboxylic acids is 1. The molecule has 0 aliphatic carbocycles. The maximum atomic E-state index is 13.6. The van der Waals surface area contributed by atoms with Gasteiger partial charge in [0, 0.05) is 31.4 Å². The molecule has 0 heterocycles. The first kappa shape index (κ1) is 18.3. The van der Waals surface area contributed by atoms with Gasteiger partial charge in [0.05, 0.1) is 7.11 Å². The summed E-state index contributed by atoms with van der Waals surface area (Å²) in [5.41, 5.74) is 2.23. The number of nitrogens with one attached hydrogen (secondary N) is 3. The van der Waals surface area contributed by atoms with Crippen LogP contribution in [0.5, 0.6) is 0 Å². The highest BCUT2D eigenvalue weighted by atomic mass is 19.1. The monoisotopic (exact) mass is 344 g/mol. The first-order valence-corrected chi connectivity index (χ1v) is 7.74. The van der Waals surface area contributed by atoms with Gasteiger partial charge in [0.25, 0.3) is 0 Å². The molecule has 0 spiro atoms. The van der Waals surface area contributed by atoms with Gasteiger partial charge in [0.2, 0.25) is 0 Å². The average Bonchev–Trinajstić information content (AvgIpc) is 2.64. The number of methoxy groups -OCH3 is 1. The van der Waals surface area contributed by atoms with E-state index >= 15 is 0 Å². The maximum absolute atomic E-state index is 13.6. The molecule has 2 aromatic carbocycles. The van der Waals surface area contributed by atoms with Gasteiger partial charge in [-0.05, 0) is 23.8 Å². The predicted molar refractivity (Wildman–Crippen MR) is 95.9 cm³/mol. The number of rotatable bonds is 5. The highest BCUT2D eigenvalue weighted by Gasteiger charge is 2.04. The Morgan fingerprint density at radius 1 is 1.08 bits per heavy atom. The van der Waals surface area contributed by atoms with E-state index in [4.69, 9.17) is 0 Å². The molecule has 25 heavy (non-hydrogen) atoms. The minimum atomic E-state index is -0.511. The molecule has 2 rings (SSSR count). The molecule has 0 fully saturated rings. The third-order valence-electron chi connectivity index (χ3n) is 3.47. The van der Waals surface area contributed by atoms with Crippen LogP contribution in [-0.2, 0) is 17.8 Å². The van der Waals surface area contributed by atoms with Crippen molar-refractivity contribution in [2.75, 3.05) is 19.5 Å². The van der Waals surface area contributed by atoms with E-state index < -0.39 is 6.09 Å². The summed E-state index contributed by atoms with van der Waals surface area (Å²) < 4.78 is 18.1. The Hall–Kier alpha value is -3.09. The van der Waals surface area contributed by atoms with Crippen molar-refractivity contribution in [1.82, 2.24) is 10.6 Å². The SMILES string of the molecule is CN=C(NCc1ccc(NC(=O)OC)cc1)NCc1ccccc1F. The Kier molecular flexibility index (Phi) is 6.76. The van der Waals surface area contributed by atoms with Crippen molar-refractivity contribution in [1.29, 1.82) is 0 Å². The van der Waals surface area contributed by atoms with E-state index in [1.165, 1.54) is 13.2 Å². The molecule has 3 N–H and O–H groups in total. The topological polar surface area (TPSA) is 74.8 Å². The molecule has 0 saturated carbocycles. The van der Waals surface area contributed by atoms with Gasteiger partial charge in [-0.15, -0.1) is 0 Å². The van der Waals surface area contributed by atoms with E-state index in [0.29, 0.717) is 30.3 Å². The van der Waals surface area contributed by atoms with Gasteiger partial charge in [-0.1, -0.05) is 30.3 Å². The maximum Gasteiger partial charge on any atom is 0.411 e. The Balaban J connectivity index is 1.84. The number of ether oxygens (including phenoxy) is 1. The number of guanidine groups is 1. The van der Waals surface area contributed by atoms with Crippen molar-refractivity contribution in [3.8, 4) is 0 Å². The second-order valence-corrected chi connectivity index (χ2v) is 5.18. The van der Waals surface area contributed by atoms with Crippen molar-refractivity contribution < 1.29 is 13.9 Å². The number of anilines is 1. The van der Waals surface area contributed by atoms with Crippen LogP contribution in [0.3, 0.4) is 0 Å². The van der Waals surface area contributed by atoms with E-state index in [9.17, 15) is 9.18 Å². The standard InChI is InChI=1S/C18H21FN4O2/c1-20-17(22-12-14-5-3-4-6-16(14)19)21-11-13-7-9-15(10-8-13)23-18(24)25-2/h3-10H,11-12H2,1-2H3,(H,23,24)(H2,20,21,22). The minimum Gasteiger partial charge on any atom is -0.453 e. The van der Waals surface area contributed by atoms with Crippen molar-refractivity contribution in [3.63, 3.8) is 0 Å². The molecule has 0 unspecified atom stereocenters. The van der Waals surface area contributed by atoms with Gasteiger partial charge in [0.15, 0.2) is 5.96 Å². The molecule has 0 aliphatic rings. The van der Waals surface area contributed by atoms with Gasteiger partial charge in [0.1, 0.15) is 5.82 Å². The number of hydrogen-bond donors (Lipinski definition) is 3. The van der Waals surface area contributed by atoms with Crippen LogP contribution in [-0.4, -0.2) is 26.2 Å². The second-order valence-electron chi connectivity index (χ2n) is 5.18. The second kappa shape index (κ2) is 9.27. The summed E-state index contributed by atoms with van der Waals surface area (Å²) in [6.07, 6.45) is -0.511. The van der Waals surface area contributed by atoms with E-state index in [1.807, 2.05) is 12.1 Å². The first-order valence-electron chi connectivity index (χ1n) is 7.74. The normalized spacial score (nSPS) is 10.9. The lowest BCUT2D eigenvalue weighted by Crippen LogP contribution is -2.36. The summed E-state index contributed by atoms with van der Waals surface area (Å²) in [4.78, 5) is 15.3. The third-order valence-corrected chi connectivity index (χ3v) is 3.47. The largest absolute Gasteiger partial charge is 0.453 e. The summed E-state index contributed by atoms with van der Waals surface area (Å²) in [5, 5.41) is 8.80. The number of amides is 1. The molecule has 0 aliphatic heterocycles. The van der Waals surface area contributed by atoms with Crippen LogP contribution >= 0.6 is 0 Å². The zero-order valence-corrected chi connectivity index (χ0v) is 14.2. The van der Waals surface area contributed by atoms with E-state index in [2.05, 4.69) is 25.7 Å². The van der Waals surface area contributed by atoms with Crippen molar-refractivity contribution in [3.05, 3.63) is 65.5 Å². The molecule has 1 amide bonds. The summed E-state index contributed by atoms with van der Waals surface area (Å²) in [6, 6.07) is 13.9. The number of halogens is 1. The highest BCUT2D eigenvalue weighted by Crippen LogP contribution is 2.10. The first-order chi connectivity index (χ1) is 12.1. The minimum absolute atomic E-state index is 0.251. The van der Waals surface area contributed by atoms with Crippen LogP contribution in [0.15, 0.2) is 53.5 Å². The van der Waals surface area contributed by atoms with Crippen LogP contribution in [0, 0.1) is 5.82 Å². The fourth-order valence-electron chi connectivity index (χ4n) is 2.10. The highest BCUT2D eigenvalue weighted by molar-refractivity contribution is 5.84. The number of nitrogens with zero attached hydrogens (tertiary/aromatic N) is 1. The number of benzene rings is 2. The molecule has 132 valence electrons. The van der Waals surface area contributed by atoms with Gasteiger partial charge >= 0.3 is 6.09 Å². The lowest BCUT2D eigenvalue weighted by atomic mass is 10.2. The van der Waals surface area contributed by atoms with E-state index in [0.717, 1.165) is 5.56 Å². The summed E-state index contributed by atoms with van der Waals surface area (Å²) in [5.74, 6) is 0.319. The molecule has 2 aromatic rings. The van der Waals surface area contributed by atoms with Crippen molar-refractivity contribution >= 4 is 17.7 Å². The Bertz CT molecular complexity index is 732. The van der Waals surface area contributed by atoms with E-state index in [-0.39, 0.29) is 5.82 Å². The molecule has 0 saturated heterocycles. The average molecular weight is 344 g/mol. The number of hydrogen-bond acceptors (Lipinski definition) is 3. The third kappa shape index (κ3) is 5.80. The van der Waals surface area contributed by atoms with Crippen LogP contribution in [0.4, 0.5) is 14.9 Å². The molecule has 0 bridgehead atoms. The number of aliphatic imine (C=N–C) groups is 1. The van der Waals surface area contributed by atoms with Crippen LogP contribution < -0.4 is 16.0 Å². The Morgan fingerprint density at radius 3 is 2.40 bits per heavy atom. The smallest absolute Gasteiger partial charge is 0.411 e. The molecule has 6 nitrogen and oxygen atoms in total. The van der Waals surface area contributed by atoms with Gasteiger partial charge < -0.3 is 15.4 Å². The number of carbonyl (C=O) groups is 1. The predicted octanol–water partition coefficient (Wildman–Crippen LogP) is 2.87.